The lowest BCUT2D eigenvalue weighted by atomic mass is 9.96. The van der Waals surface area contributed by atoms with E-state index < -0.39 is 17.2 Å². The summed E-state index contributed by atoms with van der Waals surface area (Å²) in [7, 11) is 0. The van der Waals surface area contributed by atoms with Crippen molar-refractivity contribution < 1.29 is 14.4 Å². The molecule has 8 nitrogen and oxygen atoms in total. The number of hydrogen-bond acceptors (Lipinski definition) is 8. The zero-order valence-electron chi connectivity index (χ0n) is 25.0. The molecule has 0 spiro atoms. The molecule has 0 N–H and O–H groups in total. The first-order valence-corrected chi connectivity index (χ1v) is 16.1. The van der Waals surface area contributed by atoms with Gasteiger partial charge in [-0.15, -0.1) is 22.7 Å². The van der Waals surface area contributed by atoms with Gasteiger partial charge in [-0.3, -0.25) is 18.7 Å². The quantitative estimate of drug-likeness (QED) is 0.0716. The van der Waals surface area contributed by atoms with Crippen molar-refractivity contribution in [3.63, 3.8) is 0 Å². The molecule has 44 heavy (non-hydrogen) atoms. The number of nitrogens with zero attached hydrogens (tertiary/aromatic N) is 3. The summed E-state index contributed by atoms with van der Waals surface area (Å²) in [5.41, 5.74) is 3.03. The molecular weight excluding hydrogens is 618 g/mol. The second-order valence-corrected chi connectivity index (χ2v) is 12.4. The van der Waals surface area contributed by atoms with Crippen LogP contribution in [0.15, 0.2) is 81.5 Å². The molecule has 0 fully saturated rings. The molecular formula is C33H32ClN3O5S2. The molecule has 2 aromatic carbocycles. The van der Waals surface area contributed by atoms with E-state index >= 15 is 0 Å². The van der Waals surface area contributed by atoms with Gasteiger partial charge in [0, 0.05) is 17.4 Å². The predicted octanol–water partition coefficient (Wildman–Crippen LogP) is 7.41. The average molecular weight is 650 g/mol. The van der Waals surface area contributed by atoms with E-state index in [4.69, 9.17) is 16.4 Å². The Bertz CT molecular complexity index is 1970. The highest BCUT2D eigenvalue weighted by Gasteiger charge is 2.20. The Balaban J connectivity index is 0.00000216. The maximum Gasteiger partial charge on any atom is 0.332 e. The number of hydrogen-bond donors (Lipinski definition) is 0. The number of aryl methyl sites for hydroxylation is 1. The van der Waals surface area contributed by atoms with Crippen LogP contribution in [-0.2, 0) is 29.1 Å². The number of carbonyl (C=O) groups is 2. The van der Waals surface area contributed by atoms with Crippen LogP contribution >= 0.6 is 34.3 Å². The number of benzene rings is 2. The highest BCUT2D eigenvalue weighted by molar-refractivity contribution is 7.18. The molecule has 3 aromatic heterocycles. The van der Waals surface area contributed by atoms with E-state index in [0.717, 1.165) is 43.0 Å². The zero-order valence-corrected chi connectivity index (χ0v) is 27.4. The SMILES string of the molecule is CC.CCc1cc2c(=O)n(CC(=O)c3ccc(Cl)s3)c(=O)n(Cc3ccc(-c4ccccc4/C(C)=N/OC(C)=O)cc3)c2s1. The van der Waals surface area contributed by atoms with E-state index in [0.29, 0.717) is 31.6 Å². The molecule has 0 unspecified atom stereocenters. The summed E-state index contributed by atoms with van der Waals surface area (Å²) in [6, 6.07) is 20.4. The molecule has 0 bridgehead atoms. The highest BCUT2D eigenvalue weighted by Crippen LogP contribution is 2.27. The number of halogens is 1. The number of oxime groups is 1. The minimum absolute atomic E-state index is 0.215. The van der Waals surface area contributed by atoms with Gasteiger partial charge in [-0.25, -0.2) is 9.59 Å². The van der Waals surface area contributed by atoms with Crippen molar-refractivity contribution in [1.82, 2.24) is 9.13 Å². The fourth-order valence-corrected chi connectivity index (χ4v) is 6.64. The third kappa shape index (κ3) is 7.15. The van der Waals surface area contributed by atoms with Crippen LogP contribution in [0.1, 0.15) is 60.3 Å². The highest BCUT2D eigenvalue weighted by atomic mass is 35.5. The Morgan fingerprint density at radius 3 is 2.27 bits per heavy atom. The van der Waals surface area contributed by atoms with E-state index in [2.05, 4.69) is 5.16 Å². The van der Waals surface area contributed by atoms with Crippen LogP contribution in [-0.4, -0.2) is 26.6 Å². The zero-order chi connectivity index (χ0) is 32.0. The summed E-state index contributed by atoms with van der Waals surface area (Å²) in [6.07, 6.45) is 0.716. The van der Waals surface area contributed by atoms with Crippen molar-refractivity contribution >= 4 is 62.0 Å². The van der Waals surface area contributed by atoms with E-state index in [-0.39, 0.29) is 18.9 Å². The molecule has 0 aliphatic heterocycles. The molecule has 0 saturated heterocycles. The Morgan fingerprint density at radius 2 is 1.64 bits per heavy atom. The number of fused-ring (bicyclic) bond motifs is 1. The van der Waals surface area contributed by atoms with Crippen molar-refractivity contribution in [3.8, 4) is 11.1 Å². The van der Waals surface area contributed by atoms with Gasteiger partial charge >= 0.3 is 11.7 Å². The first kappa shape index (κ1) is 32.8. The lowest BCUT2D eigenvalue weighted by Crippen LogP contribution is -2.41. The molecule has 0 atom stereocenters. The average Bonchev–Trinajstić information content (AvgIpc) is 3.68. The number of aromatic nitrogens is 2. The maximum absolute atomic E-state index is 13.7. The molecule has 0 amide bonds. The molecule has 11 heteroatoms. The first-order chi connectivity index (χ1) is 21.2. The fraction of sp³-hybridized carbons (Fsp3) is 0.242. The minimum atomic E-state index is -0.542. The molecule has 3 heterocycles. The van der Waals surface area contributed by atoms with Gasteiger partial charge in [-0.05, 0) is 48.2 Å². The molecule has 0 aliphatic rings. The molecule has 0 aliphatic carbocycles. The van der Waals surface area contributed by atoms with Gasteiger partial charge in [0.15, 0.2) is 5.78 Å². The fourth-order valence-electron chi connectivity index (χ4n) is 4.59. The lowest BCUT2D eigenvalue weighted by molar-refractivity contribution is -0.140. The first-order valence-electron chi connectivity index (χ1n) is 14.1. The number of carbonyl (C=O) groups excluding carboxylic acids is 2. The van der Waals surface area contributed by atoms with Crippen molar-refractivity contribution in [2.75, 3.05) is 0 Å². The Labute approximate surface area is 267 Å². The summed E-state index contributed by atoms with van der Waals surface area (Å²) in [4.78, 5) is 58.0. The van der Waals surface area contributed by atoms with Crippen LogP contribution in [0, 0.1) is 0 Å². The Morgan fingerprint density at radius 1 is 0.932 bits per heavy atom. The maximum atomic E-state index is 13.7. The number of Topliss-reactive ketones (excluding diaryl/α,β-unsaturated/α-hetero) is 1. The van der Waals surface area contributed by atoms with Gasteiger partial charge in [-0.2, -0.15) is 0 Å². The van der Waals surface area contributed by atoms with E-state index in [1.807, 2.05) is 69.3 Å². The van der Waals surface area contributed by atoms with Crippen LogP contribution in [0.25, 0.3) is 21.3 Å². The number of rotatable bonds is 9. The smallest absolute Gasteiger partial charge is 0.318 e. The third-order valence-electron chi connectivity index (χ3n) is 6.68. The molecule has 5 rings (SSSR count). The monoisotopic (exact) mass is 649 g/mol. The van der Waals surface area contributed by atoms with Crippen LogP contribution in [0.3, 0.4) is 0 Å². The Hall–Kier alpha value is -4.12. The van der Waals surface area contributed by atoms with Crippen molar-refractivity contribution in [1.29, 1.82) is 0 Å². The molecule has 5 aromatic rings. The van der Waals surface area contributed by atoms with Gasteiger partial charge in [0.2, 0.25) is 0 Å². The van der Waals surface area contributed by atoms with E-state index in [1.54, 1.807) is 29.7 Å². The van der Waals surface area contributed by atoms with Crippen LogP contribution in [0.4, 0.5) is 0 Å². The number of thiophene rings is 2. The van der Waals surface area contributed by atoms with E-state index in [9.17, 15) is 19.2 Å². The summed E-state index contributed by atoms with van der Waals surface area (Å²) < 4.78 is 3.04. The van der Waals surface area contributed by atoms with Crippen LogP contribution in [0.5, 0.6) is 0 Å². The van der Waals surface area contributed by atoms with Gasteiger partial charge < -0.3 is 4.84 Å². The molecule has 0 radical (unpaired) electrons. The van der Waals surface area contributed by atoms with Gasteiger partial charge in [0.1, 0.15) is 4.83 Å². The number of ketones is 1. The second-order valence-electron chi connectivity index (χ2n) is 9.57. The summed E-state index contributed by atoms with van der Waals surface area (Å²) >= 11 is 8.52. The predicted molar refractivity (Wildman–Crippen MR) is 180 cm³/mol. The van der Waals surface area contributed by atoms with Crippen LogP contribution in [0.2, 0.25) is 4.34 Å². The largest absolute Gasteiger partial charge is 0.332 e. The lowest BCUT2D eigenvalue weighted by Gasteiger charge is -2.13. The summed E-state index contributed by atoms with van der Waals surface area (Å²) in [5.74, 6) is -0.845. The Kier molecular flexibility index (Phi) is 10.9. The van der Waals surface area contributed by atoms with Crippen molar-refractivity contribution in [3.05, 3.63) is 113 Å². The molecule has 0 saturated carbocycles. The topological polar surface area (TPSA) is 99.7 Å². The summed E-state index contributed by atoms with van der Waals surface area (Å²) in [5, 5.41) is 4.35. The van der Waals surface area contributed by atoms with Gasteiger partial charge in [0.25, 0.3) is 5.56 Å². The molecule has 228 valence electrons. The minimum Gasteiger partial charge on any atom is -0.318 e. The summed E-state index contributed by atoms with van der Waals surface area (Å²) in [6.45, 7) is 8.90. The van der Waals surface area contributed by atoms with Crippen molar-refractivity contribution in [2.24, 2.45) is 5.16 Å². The van der Waals surface area contributed by atoms with Crippen molar-refractivity contribution in [2.45, 2.75) is 54.1 Å². The second kappa shape index (κ2) is 14.6. The van der Waals surface area contributed by atoms with Gasteiger partial charge in [0.05, 0.1) is 33.4 Å². The standard InChI is InChI=1S/C31H26ClN3O5S2.C2H6/c1-4-22-15-25-29(38)34(17-26(37)27-13-14-28(32)42-27)31(39)35(30(25)41-22)16-20-9-11-21(12-10-20)24-8-6-5-7-23(24)18(2)33-40-19(3)36;1-2/h5-15H,4,16-17H2,1-3H3;1-2H3/b33-18+;. The normalized spacial score (nSPS) is 11.3. The van der Waals surface area contributed by atoms with E-state index in [1.165, 1.54) is 18.3 Å². The van der Waals surface area contributed by atoms with Crippen LogP contribution < -0.4 is 11.2 Å². The third-order valence-corrected chi connectivity index (χ3v) is 9.25. The van der Waals surface area contributed by atoms with Gasteiger partial charge in [-0.1, -0.05) is 86.1 Å².